The van der Waals surface area contributed by atoms with Crippen molar-refractivity contribution < 1.29 is 0 Å². The van der Waals surface area contributed by atoms with Gasteiger partial charge in [-0.25, -0.2) is 0 Å². The van der Waals surface area contributed by atoms with Gasteiger partial charge in [0.1, 0.15) is 6.04 Å². The van der Waals surface area contributed by atoms with E-state index in [2.05, 4.69) is 27.3 Å². The van der Waals surface area contributed by atoms with E-state index >= 15 is 0 Å². The Morgan fingerprint density at radius 2 is 2.28 bits per heavy atom. The van der Waals surface area contributed by atoms with Crippen LogP contribution in [0.1, 0.15) is 16.5 Å². The second-order valence-corrected chi connectivity index (χ2v) is 6.04. The molecule has 1 heterocycles. The minimum absolute atomic E-state index is 0.405. The first-order valence-corrected chi connectivity index (χ1v) is 7.36. The standard InChI is InChI=1S/C13H10BrClN2S/c14-9-3-4-12(15)11(6-9)13(7-16)17-8-10-2-1-5-18-10/h1-6,13,17H,8H2. The largest absolute Gasteiger partial charge is 0.293 e. The third-order valence-electron chi connectivity index (χ3n) is 2.46. The quantitative estimate of drug-likeness (QED) is 0.887. The molecule has 2 rings (SSSR count). The van der Waals surface area contributed by atoms with Crippen LogP contribution in [0.2, 0.25) is 5.02 Å². The van der Waals surface area contributed by atoms with E-state index in [-0.39, 0.29) is 0 Å². The molecule has 0 saturated carbocycles. The van der Waals surface area contributed by atoms with Gasteiger partial charge in [-0.3, -0.25) is 5.32 Å². The highest BCUT2D eigenvalue weighted by atomic mass is 79.9. The molecular formula is C13H10BrClN2S. The Balaban J connectivity index is 2.13. The molecule has 2 nitrogen and oxygen atoms in total. The molecular weight excluding hydrogens is 332 g/mol. The van der Waals surface area contributed by atoms with Gasteiger partial charge in [0.2, 0.25) is 0 Å². The van der Waals surface area contributed by atoms with E-state index in [1.807, 2.05) is 29.6 Å². The van der Waals surface area contributed by atoms with Crippen LogP contribution in [0.15, 0.2) is 40.2 Å². The fraction of sp³-hybridized carbons (Fsp3) is 0.154. The van der Waals surface area contributed by atoms with Gasteiger partial charge in [0.15, 0.2) is 0 Å². The summed E-state index contributed by atoms with van der Waals surface area (Å²) in [6.45, 7) is 0.665. The molecule has 0 radical (unpaired) electrons. The van der Waals surface area contributed by atoms with Crippen LogP contribution in [0, 0.1) is 11.3 Å². The Kier molecular flexibility index (Phi) is 4.79. The zero-order valence-electron chi connectivity index (χ0n) is 9.36. The minimum atomic E-state index is -0.405. The number of benzene rings is 1. The van der Waals surface area contributed by atoms with Crippen LogP contribution in [0.4, 0.5) is 0 Å². The molecule has 18 heavy (non-hydrogen) atoms. The molecule has 0 aliphatic carbocycles. The first-order valence-electron chi connectivity index (χ1n) is 5.31. The summed E-state index contributed by atoms with van der Waals surface area (Å²) in [4.78, 5) is 1.20. The lowest BCUT2D eigenvalue weighted by atomic mass is 10.1. The lowest BCUT2D eigenvalue weighted by Gasteiger charge is -2.13. The normalized spacial score (nSPS) is 12.1. The van der Waals surface area contributed by atoms with Crippen LogP contribution in [0.3, 0.4) is 0 Å². The Hall–Kier alpha value is -0.860. The summed E-state index contributed by atoms with van der Waals surface area (Å²) in [7, 11) is 0. The van der Waals surface area contributed by atoms with Crippen molar-refractivity contribution in [3.8, 4) is 6.07 Å². The van der Waals surface area contributed by atoms with E-state index in [4.69, 9.17) is 11.6 Å². The number of halogens is 2. The van der Waals surface area contributed by atoms with Crippen molar-refractivity contribution >= 4 is 38.9 Å². The molecule has 0 aliphatic heterocycles. The number of hydrogen-bond donors (Lipinski definition) is 1. The van der Waals surface area contributed by atoms with E-state index in [1.165, 1.54) is 4.88 Å². The summed E-state index contributed by atoms with van der Waals surface area (Å²) in [6.07, 6.45) is 0. The monoisotopic (exact) mass is 340 g/mol. The second-order valence-electron chi connectivity index (χ2n) is 3.69. The van der Waals surface area contributed by atoms with Gasteiger partial charge in [0.05, 0.1) is 6.07 Å². The van der Waals surface area contributed by atoms with Gasteiger partial charge in [0, 0.05) is 26.5 Å². The molecule has 0 aliphatic rings. The zero-order valence-corrected chi connectivity index (χ0v) is 12.5. The number of nitrogens with one attached hydrogen (secondary N) is 1. The smallest absolute Gasteiger partial charge is 0.123 e. The Labute approximate surface area is 123 Å². The van der Waals surface area contributed by atoms with Crippen molar-refractivity contribution in [3.05, 3.63) is 55.6 Å². The third-order valence-corrected chi connectivity index (χ3v) is 4.17. The molecule has 1 aromatic carbocycles. The van der Waals surface area contributed by atoms with Crippen molar-refractivity contribution in [1.82, 2.24) is 5.32 Å². The van der Waals surface area contributed by atoms with Crippen molar-refractivity contribution in [2.75, 3.05) is 0 Å². The van der Waals surface area contributed by atoms with Gasteiger partial charge in [0.25, 0.3) is 0 Å². The first kappa shape index (κ1) is 13.6. The molecule has 5 heteroatoms. The molecule has 1 aromatic heterocycles. The predicted molar refractivity (Wildman–Crippen MR) is 78.7 cm³/mol. The number of nitrogens with zero attached hydrogens (tertiary/aromatic N) is 1. The van der Waals surface area contributed by atoms with Gasteiger partial charge in [-0.05, 0) is 29.6 Å². The molecule has 0 spiro atoms. The number of rotatable bonds is 4. The van der Waals surface area contributed by atoms with Gasteiger partial charge < -0.3 is 0 Å². The highest BCUT2D eigenvalue weighted by Crippen LogP contribution is 2.26. The fourth-order valence-electron chi connectivity index (χ4n) is 1.58. The topological polar surface area (TPSA) is 35.8 Å². The Bertz CT molecular complexity index is 563. The molecule has 0 bridgehead atoms. The molecule has 0 amide bonds. The Morgan fingerprint density at radius 1 is 1.44 bits per heavy atom. The van der Waals surface area contributed by atoms with Crippen LogP contribution in [-0.4, -0.2) is 0 Å². The SMILES string of the molecule is N#CC(NCc1cccs1)c1cc(Br)ccc1Cl. The molecule has 92 valence electrons. The van der Waals surface area contributed by atoms with Crippen molar-refractivity contribution in [1.29, 1.82) is 5.26 Å². The molecule has 1 atom stereocenters. The molecule has 2 aromatic rings. The van der Waals surface area contributed by atoms with Crippen LogP contribution in [0.5, 0.6) is 0 Å². The van der Waals surface area contributed by atoms with Crippen LogP contribution < -0.4 is 5.32 Å². The van der Waals surface area contributed by atoms with Gasteiger partial charge in [-0.2, -0.15) is 5.26 Å². The summed E-state index contributed by atoms with van der Waals surface area (Å²) >= 11 is 11.2. The average Bonchev–Trinajstić information content (AvgIpc) is 2.87. The molecule has 0 saturated heterocycles. The zero-order chi connectivity index (χ0) is 13.0. The fourth-order valence-corrected chi connectivity index (χ4v) is 2.84. The number of hydrogen-bond acceptors (Lipinski definition) is 3. The summed E-state index contributed by atoms with van der Waals surface area (Å²) in [5.41, 5.74) is 0.796. The minimum Gasteiger partial charge on any atom is -0.293 e. The average molecular weight is 342 g/mol. The maximum Gasteiger partial charge on any atom is 0.123 e. The molecule has 1 unspecified atom stereocenters. The van der Waals surface area contributed by atoms with Crippen molar-refractivity contribution in [3.63, 3.8) is 0 Å². The van der Waals surface area contributed by atoms with Crippen LogP contribution >= 0.6 is 38.9 Å². The van der Waals surface area contributed by atoms with E-state index < -0.39 is 6.04 Å². The van der Waals surface area contributed by atoms with Crippen molar-refractivity contribution in [2.24, 2.45) is 0 Å². The van der Waals surface area contributed by atoms with E-state index in [9.17, 15) is 5.26 Å². The Morgan fingerprint density at radius 3 is 2.94 bits per heavy atom. The van der Waals surface area contributed by atoms with Crippen LogP contribution in [-0.2, 0) is 6.54 Å². The van der Waals surface area contributed by atoms with E-state index in [0.717, 1.165) is 10.0 Å². The maximum atomic E-state index is 9.24. The lowest BCUT2D eigenvalue weighted by Crippen LogP contribution is -2.19. The van der Waals surface area contributed by atoms with Gasteiger partial charge in [-0.1, -0.05) is 33.6 Å². The maximum absolute atomic E-state index is 9.24. The summed E-state index contributed by atoms with van der Waals surface area (Å²) < 4.78 is 0.917. The van der Waals surface area contributed by atoms with E-state index in [1.54, 1.807) is 17.4 Å². The first-order chi connectivity index (χ1) is 8.70. The molecule has 0 fully saturated rings. The van der Waals surface area contributed by atoms with Crippen LogP contribution in [0.25, 0.3) is 0 Å². The number of nitriles is 1. The highest BCUT2D eigenvalue weighted by molar-refractivity contribution is 9.10. The van der Waals surface area contributed by atoms with E-state index in [0.29, 0.717) is 11.6 Å². The third kappa shape index (κ3) is 3.33. The molecule has 1 N–H and O–H groups in total. The van der Waals surface area contributed by atoms with Gasteiger partial charge >= 0.3 is 0 Å². The number of thiophene rings is 1. The lowest BCUT2D eigenvalue weighted by molar-refractivity contribution is 0.636. The summed E-state index contributed by atoms with van der Waals surface area (Å²) in [5.74, 6) is 0. The summed E-state index contributed by atoms with van der Waals surface area (Å²) in [6, 6.07) is 11.4. The van der Waals surface area contributed by atoms with Crippen molar-refractivity contribution in [2.45, 2.75) is 12.6 Å². The highest BCUT2D eigenvalue weighted by Gasteiger charge is 2.14. The summed E-state index contributed by atoms with van der Waals surface area (Å²) in [5, 5.41) is 15.1. The van der Waals surface area contributed by atoms with Gasteiger partial charge in [-0.15, -0.1) is 11.3 Å². The second kappa shape index (κ2) is 6.35. The predicted octanol–water partition coefficient (Wildman–Crippen LogP) is 4.52.